The predicted octanol–water partition coefficient (Wildman–Crippen LogP) is 6.03. The van der Waals surface area contributed by atoms with Crippen LogP contribution in [0, 0.1) is 23.0 Å². The van der Waals surface area contributed by atoms with Crippen LogP contribution in [0.25, 0.3) is 0 Å². The van der Waals surface area contributed by atoms with Crippen LogP contribution in [0.2, 0.25) is 0 Å². The second-order valence-electron chi connectivity index (χ2n) is 9.53. The van der Waals surface area contributed by atoms with Crippen molar-refractivity contribution in [3.8, 4) is 0 Å². The molecule has 210 valence electrons. The number of benzene rings is 3. The van der Waals surface area contributed by atoms with Crippen molar-refractivity contribution in [3.63, 3.8) is 0 Å². The second kappa shape index (κ2) is 12.4. The molecule has 6 nitrogen and oxygen atoms in total. The number of anilines is 2. The Bertz CT molecular complexity index is 1420. The molecular formula is C29H28F5N5O. The van der Waals surface area contributed by atoms with E-state index in [-0.39, 0.29) is 17.8 Å². The Hall–Kier alpha value is -4.09. The lowest BCUT2D eigenvalue weighted by molar-refractivity contribution is -0.112. The summed E-state index contributed by atoms with van der Waals surface area (Å²) in [5, 5.41) is 15.9. The molecule has 3 aromatic carbocycles. The molecule has 0 aromatic heterocycles. The molecule has 3 aromatic rings. The number of alkyl halides is 3. The van der Waals surface area contributed by atoms with Crippen molar-refractivity contribution in [2.45, 2.75) is 31.6 Å². The summed E-state index contributed by atoms with van der Waals surface area (Å²) in [4.78, 5) is 13.2. The quantitative estimate of drug-likeness (QED) is 0.113. The van der Waals surface area contributed by atoms with E-state index >= 15 is 0 Å². The summed E-state index contributed by atoms with van der Waals surface area (Å²) in [7, 11) is 0. The number of carbonyl (C=O) groups is 1. The van der Waals surface area contributed by atoms with Gasteiger partial charge >= 0.3 is 6.18 Å². The van der Waals surface area contributed by atoms with Crippen LogP contribution in [-0.4, -0.2) is 24.3 Å². The maximum absolute atomic E-state index is 14.7. The van der Waals surface area contributed by atoms with Crippen molar-refractivity contribution < 1.29 is 26.7 Å². The molecule has 1 atom stereocenters. The Morgan fingerprint density at radius 2 is 1.70 bits per heavy atom. The number of nitrogens with one attached hydrogen (secondary N) is 4. The van der Waals surface area contributed by atoms with Crippen molar-refractivity contribution in [2.75, 3.05) is 17.2 Å². The first-order valence-electron chi connectivity index (χ1n) is 12.6. The molecular weight excluding hydrogens is 529 g/mol. The van der Waals surface area contributed by atoms with E-state index in [9.17, 15) is 26.7 Å². The van der Waals surface area contributed by atoms with Crippen molar-refractivity contribution in [3.05, 3.63) is 107 Å². The lowest BCUT2D eigenvalue weighted by Crippen LogP contribution is -2.26. The molecule has 0 aliphatic heterocycles. The van der Waals surface area contributed by atoms with E-state index in [4.69, 9.17) is 11.1 Å². The van der Waals surface area contributed by atoms with Gasteiger partial charge in [-0.2, -0.15) is 13.2 Å². The van der Waals surface area contributed by atoms with Gasteiger partial charge < -0.3 is 21.7 Å². The minimum atomic E-state index is -4.97. The summed E-state index contributed by atoms with van der Waals surface area (Å²) in [5.74, 6) is -1.92. The molecule has 4 rings (SSSR count). The van der Waals surface area contributed by atoms with Crippen molar-refractivity contribution in [1.29, 1.82) is 5.41 Å². The van der Waals surface area contributed by atoms with Crippen molar-refractivity contribution >= 4 is 23.0 Å². The number of carbonyl (C=O) groups excluding carboxylic acids is 1. The number of halogens is 5. The summed E-state index contributed by atoms with van der Waals surface area (Å²) >= 11 is 0. The first-order valence-corrected chi connectivity index (χ1v) is 12.6. The first-order chi connectivity index (χ1) is 19.0. The lowest BCUT2D eigenvalue weighted by Gasteiger charge is -2.21. The average molecular weight is 558 g/mol. The highest BCUT2D eigenvalue weighted by Crippen LogP contribution is 2.32. The number of hydrogen-bond acceptors (Lipinski definition) is 5. The summed E-state index contributed by atoms with van der Waals surface area (Å²) in [6, 6.07) is 15.5. The highest BCUT2D eigenvalue weighted by atomic mass is 19.4. The SMILES string of the molecule is N=C(/C=C(\Nc1cccc(CN)c1)C(=O)Nc1cccc(C(NCC2CC2)c2ccc(F)cc2F)c1)C(F)(F)F. The van der Waals surface area contributed by atoms with E-state index in [1.165, 1.54) is 12.1 Å². The monoisotopic (exact) mass is 557 g/mol. The van der Waals surface area contributed by atoms with Gasteiger partial charge in [-0.15, -0.1) is 0 Å². The molecule has 1 aliphatic carbocycles. The normalized spacial score (nSPS) is 14.5. The average Bonchev–Trinajstić information content (AvgIpc) is 3.74. The smallest absolute Gasteiger partial charge is 0.351 e. The molecule has 0 spiro atoms. The maximum Gasteiger partial charge on any atom is 0.432 e. The van der Waals surface area contributed by atoms with Crippen LogP contribution in [-0.2, 0) is 11.3 Å². The molecule has 6 N–H and O–H groups in total. The fourth-order valence-electron chi connectivity index (χ4n) is 4.06. The van der Waals surface area contributed by atoms with E-state index in [0.29, 0.717) is 35.4 Å². The number of allylic oxidation sites excluding steroid dienone is 1. The Morgan fingerprint density at radius 1 is 1.00 bits per heavy atom. The Balaban J connectivity index is 1.61. The standard InChI is InChI=1S/C29H28F5N5O/c30-20-9-10-23(24(31)13-20)27(37-16-17-7-8-17)19-4-2-6-22(12-19)39-28(40)25(14-26(36)29(32,33)34)38-21-5-1-3-18(11-21)15-35/h1-6,9-14,17,27,36-38H,7-8,15-16,35H2,(H,39,40)/b25-14-,36-26?. The topological polar surface area (TPSA) is 103 Å². The fraction of sp³-hybridized carbons (Fsp3) is 0.241. The molecule has 1 unspecified atom stereocenters. The zero-order valence-corrected chi connectivity index (χ0v) is 21.3. The van der Waals surface area contributed by atoms with E-state index in [0.717, 1.165) is 25.0 Å². The Morgan fingerprint density at radius 3 is 2.35 bits per heavy atom. The van der Waals surface area contributed by atoms with Gasteiger partial charge in [-0.1, -0.05) is 30.3 Å². The van der Waals surface area contributed by atoms with Crippen LogP contribution in [0.1, 0.15) is 35.6 Å². The fourth-order valence-corrected chi connectivity index (χ4v) is 4.06. The minimum absolute atomic E-state index is 0.177. The molecule has 0 radical (unpaired) electrons. The van der Waals surface area contributed by atoms with Gasteiger partial charge in [0.1, 0.15) is 23.0 Å². The third-order valence-electron chi connectivity index (χ3n) is 6.34. The Kier molecular flexibility index (Phi) is 8.96. The third kappa shape index (κ3) is 7.73. The predicted molar refractivity (Wildman–Crippen MR) is 144 cm³/mol. The van der Waals surface area contributed by atoms with E-state index in [1.54, 1.807) is 42.5 Å². The summed E-state index contributed by atoms with van der Waals surface area (Å²) in [6.45, 7) is 0.785. The maximum atomic E-state index is 14.7. The molecule has 0 saturated heterocycles. The molecule has 0 bridgehead atoms. The number of nitrogens with two attached hydrogens (primary N) is 1. The van der Waals surface area contributed by atoms with Crippen LogP contribution in [0.3, 0.4) is 0 Å². The zero-order valence-electron chi connectivity index (χ0n) is 21.3. The summed E-state index contributed by atoms with van der Waals surface area (Å²) in [5.41, 5.74) is 5.39. The molecule has 11 heteroatoms. The van der Waals surface area contributed by atoms with Crippen LogP contribution in [0.4, 0.5) is 33.3 Å². The number of amides is 1. The van der Waals surface area contributed by atoms with Crippen LogP contribution >= 0.6 is 0 Å². The third-order valence-corrected chi connectivity index (χ3v) is 6.34. The summed E-state index contributed by atoms with van der Waals surface area (Å²) in [6.07, 6.45) is -2.47. The van der Waals surface area contributed by atoms with Crippen molar-refractivity contribution in [2.24, 2.45) is 11.7 Å². The van der Waals surface area contributed by atoms with E-state index in [2.05, 4.69) is 16.0 Å². The van der Waals surface area contributed by atoms with Gasteiger partial charge in [0.25, 0.3) is 5.91 Å². The minimum Gasteiger partial charge on any atom is -0.351 e. The molecule has 0 heterocycles. The van der Waals surface area contributed by atoms with Crippen LogP contribution in [0.15, 0.2) is 78.5 Å². The molecule has 1 aliphatic rings. The zero-order chi connectivity index (χ0) is 28.9. The largest absolute Gasteiger partial charge is 0.432 e. The van der Waals surface area contributed by atoms with Gasteiger partial charge in [0.2, 0.25) is 0 Å². The Labute approximate surface area is 228 Å². The summed E-state index contributed by atoms with van der Waals surface area (Å²) < 4.78 is 67.7. The second-order valence-corrected chi connectivity index (χ2v) is 9.53. The highest BCUT2D eigenvalue weighted by molar-refractivity contribution is 6.11. The van der Waals surface area contributed by atoms with E-state index < -0.39 is 41.2 Å². The molecule has 1 amide bonds. The highest BCUT2D eigenvalue weighted by Gasteiger charge is 2.33. The number of hydrogen-bond donors (Lipinski definition) is 5. The lowest BCUT2D eigenvalue weighted by atomic mass is 9.97. The van der Waals surface area contributed by atoms with Crippen LogP contribution < -0.4 is 21.7 Å². The molecule has 40 heavy (non-hydrogen) atoms. The molecule has 1 fully saturated rings. The van der Waals surface area contributed by atoms with Crippen molar-refractivity contribution in [1.82, 2.24) is 5.32 Å². The van der Waals surface area contributed by atoms with Gasteiger partial charge in [0.05, 0.1) is 6.04 Å². The number of rotatable bonds is 11. The van der Waals surface area contributed by atoms with E-state index in [1.807, 2.05) is 0 Å². The van der Waals surface area contributed by atoms with Gasteiger partial charge in [-0.05, 0) is 72.8 Å². The van der Waals surface area contributed by atoms with Gasteiger partial charge in [-0.25, -0.2) is 8.78 Å². The van der Waals surface area contributed by atoms with Crippen LogP contribution in [0.5, 0.6) is 0 Å². The molecule has 1 saturated carbocycles. The first kappa shape index (κ1) is 28.9. The van der Waals surface area contributed by atoms with Gasteiger partial charge in [0, 0.05) is 29.5 Å². The van der Waals surface area contributed by atoms with Gasteiger partial charge in [-0.3, -0.25) is 10.2 Å². The van der Waals surface area contributed by atoms with Gasteiger partial charge in [0.15, 0.2) is 0 Å².